The number of hydrogen-bond donors (Lipinski definition) is 2. The van der Waals surface area contributed by atoms with Crippen LogP contribution in [0.3, 0.4) is 0 Å². The van der Waals surface area contributed by atoms with Gasteiger partial charge in [-0.05, 0) is 40.0 Å². The van der Waals surface area contributed by atoms with Crippen LogP contribution >= 0.6 is 27.3 Å². The van der Waals surface area contributed by atoms with Crippen molar-refractivity contribution in [3.8, 4) is 0 Å². The molecule has 0 aliphatic rings. The van der Waals surface area contributed by atoms with Crippen molar-refractivity contribution in [3.05, 3.63) is 51.3 Å². The lowest BCUT2D eigenvalue weighted by Crippen LogP contribution is -2.33. The molecule has 2 aromatic rings. The van der Waals surface area contributed by atoms with Gasteiger partial charge in [-0.2, -0.15) is 4.72 Å². The van der Waals surface area contributed by atoms with E-state index < -0.39 is 22.0 Å². The number of rotatable bonds is 5. The van der Waals surface area contributed by atoms with Crippen molar-refractivity contribution in [3.63, 3.8) is 0 Å². The molecule has 0 unspecified atom stereocenters. The van der Waals surface area contributed by atoms with Gasteiger partial charge in [-0.1, -0.05) is 30.3 Å². The minimum absolute atomic E-state index is 0.0778. The van der Waals surface area contributed by atoms with Crippen molar-refractivity contribution in [2.75, 3.05) is 0 Å². The van der Waals surface area contributed by atoms with Crippen LogP contribution in [0.2, 0.25) is 0 Å². The number of carboxylic acids is 1. The SMILES string of the molecule is Cc1cc(S(=O)(=O)N[C@@H](C(=O)O)c2ccccc2)sc1Br. The lowest BCUT2D eigenvalue weighted by molar-refractivity contribution is -0.139. The number of carboxylic acid groups (broad SMARTS) is 1. The first-order valence-electron chi connectivity index (χ1n) is 5.87. The van der Waals surface area contributed by atoms with Crippen molar-refractivity contribution < 1.29 is 18.3 Å². The molecule has 0 aliphatic carbocycles. The summed E-state index contributed by atoms with van der Waals surface area (Å²) >= 11 is 4.30. The molecule has 0 aliphatic heterocycles. The van der Waals surface area contributed by atoms with Gasteiger partial charge < -0.3 is 5.11 Å². The van der Waals surface area contributed by atoms with Crippen LogP contribution in [-0.4, -0.2) is 19.5 Å². The normalized spacial score (nSPS) is 13.0. The zero-order chi connectivity index (χ0) is 15.6. The Bertz CT molecular complexity index is 736. The first-order valence-corrected chi connectivity index (χ1v) is 8.96. The van der Waals surface area contributed by atoms with E-state index in [0.717, 1.165) is 16.9 Å². The smallest absolute Gasteiger partial charge is 0.326 e. The van der Waals surface area contributed by atoms with Gasteiger partial charge in [0.2, 0.25) is 0 Å². The molecule has 0 saturated carbocycles. The summed E-state index contributed by atoms with van der Waals surface area (Å²) in [4.78, 5) is 11.3. The lowest BCUT2D eigenvalue weighted by atomic mass is 10.1. The van der Waals surface area contributed by atoms with Crippen LogP contribution in [0.5, 0.6) is 0 Å². The molecule has 2 N–H and O–H groups in total. The van der Waals surface area contributed by atoms with Gasteiger partial charge in [-0.15, -0.1) is 11.3 Å². The van der Waals surface area contributed by atoms with Gasteiger partial charge in [-0.25, -0.2) is 8.42 Å². The van der Waals surface area contributed by atoms with E-state index in [2.05, 4.69) is 20.7 Å². The van der Waals surface area contributed by atoms with Crippen LogP contribution in [0, 0.1) is 6.92 Å². The van der Waals surface area contributed by atoms with E-state index in [1.165, 1.54) is 6.07 Å². The molecule has 1 atom stereocenters. The number of nitrogens with one attached hydrogen (secondary N) is 1. The Morgan fingerprint density at radius 3 is 2.43 bits per heavy atom. The highest BCUT2D eigenvalue weighted by Crippen LogP contribution is 2.31. The number of thiophene rings is 1. The summed E-state index contributed by atoms with van der Waals surface area (Å²) in [5.41, 5.74) is 1.16. The minimum atomic E-state index is -3.90. The molecule has 0 fully saturated rings. The first-order chi connectivity index (χ1) is 9.81. The van der Waals surface area contributed by atoms with Crippen LogP contribution in [0.15, 0.2) is 44.4 Å². The van der Waals surface area contributed by atoms with E-state index in [-0.39, 0.29) is 4.21 Å². The highest BCUT2D eigenvalue weighted by Gasteiger charge is 2.28. The summed E-state index contributed by atoms with van der Waals surface area (Å²) in [6.45, 7) is 1.77. The third kappa shape index (κ3) is 3.70. The van der Waals surface area contributed by atoms with Crippen molar-refractivity contribution >= 4 is 43.3 Å². The molecular weight excluding hydrogens is 378 g/mol. The molecule has 1 heterocycles. The van der Waals surface area contributed by atoms with E-state index in [1.54, 1.807) is 37.3 Å². The maximum atomic E-state index is 12.3. The molecule has 0 spiro atoms. The van der Waals surface area contributed by atoms with Crippen molar-refractivity contribution in [1.82, 2.24) is 4.72 Å². The third-order valence-corrected chi connectivity index (χ3v) is 6.79. The Kier molecular flexibility index (Phi) is 4.82. The molecule has 1 aromatic heterocycles. The van der Waals surface area contributed by atoms with E-state index in [9.17, 15) is 18.3 Å². The third-order valence-electron chi connectivity index (χ3n) is 2.75. The Labute approximate surface area is 134 Å². The monoisotopic (exact) mass is 389 g/mol. The van der Waals surface area contributed by atoms with Gasteiger partial charge in [0.05, 0.1) is 3.79 Å². The molecule has 0 bridgehead atoms. The Morgan fingerprint density at radius 1 is 1.33 bits per heavy atom. The zero-order valence-electron chi connectivity index (χ0n) is 10.9. The molecule has 2 rings (SSSR count). The second-order valence-electron chi connectivity index (χ2n) is 4.33. The van der Waals surface area contributed by atoms with E-state index in [1.807, 2.05) is 0 Å². The fourth-order valence-electron chi connectivity index (χ4n) is 1.68. The van der Waals surface area contributed by atoms with Gasteiger partial charge in [0.25, 0.3) is 10.0 Å². The molecule has 0 radical (unpaired) electrons. The lowest BCUT2D eigenvalue weighted by Gasteiger charge is -2.14. The molecule has 21 heavy (non-hydrogen) atoms. The summed E-state index contributed by atoms with van der Waals surface area (Å²) in [5.74, 6) is -1.25. The molecule has 5 nitrogen and oxygen atoms in total. The number of sulfonamides is 1. The zero-order valence-corrected chi connectivity index (χ0v) is 14.1. The summed E-state index contributed by atoms with van der Waals surface area (Å²) in [6.07, 6.45) is 0. The van der Waals surface area contributed by atoms with E-state index in [0.29, 0.717) is 9.35 Å². The number of halogens is 1. The molecule has 0 amide bonds. The van der Waals surface area contributed by atoms with Crippen molar-refractivity contribution in [2.45, 2.75) is 17.2 Å². The standard InChI is InChI=1S/C13H12BrNO4S2/c1-8-7-10(20-12(8)14)21(18,19)15-11(13(16)17)9-5-3-2-4-6-9/h2-7,11,15H,1H3,(H,16,17)/t11-/m1/s1. The quantitative estimate of drug-likeness (QED) is 0.823. The summed E-state index contributed by atoms with van der Waals surface area (Å²) in [7, 11) is -3.90. The number of carbonyl (C=O) groups is 1. The van der Waals surface area contributed by atoms with Gasteiger partial charge in [0, 0.05) is 0 Å². The number of benzene rings is 1. The second-order valence-corrected chi connectivity index (χ2v) is 8.64. The molecule has 8 heteroatoms. The van der Waals surface area contributed by atoms with Crippen molar-refractivity contribution in [1.29, 1.82) is 0 Å². The maximum Gasteiger partial charge on any atom is 0.326 e. The van der Waals surface area contributed by atoms with Crippen LogP contribution in [0.1, 0.15) is 17.2 Å². The second kappa shape index (κ2) is 6.27. The number of aliphatic carboxylic acids is 1. The fourth-order valence-corrected chi connectivity index (χ4v) is 5.10. The highest BCUT2D eigenvalue weighted by molar-refractivity contribution is 9.11. The van der Waals surface area contributed by atoms with Crippen LogP contribution in [-0.2, 0) is 14.8 Å². The highest BCUT2D eigenvalue weighted by atomic mass is 79.9. The molecular formula is C13H12BrNO4S2. The maximum absolute atomic E-state index is 12.3. The Morgan fingerprint density at radius 2 is 1.95 bits per heavy atom. The first kappa shape index (κ1) is 16.2. The minimum Gasteiger partial charge on any atom is -0.480 e. The number of hydrogen-bond acceptors (Lipinski definition) is 4. The van der Waals surface area contributed by atoms with Crippen LogP contribution in [0.4, 0.5) is 0 Å². The molecule has 112 valence electrons. The van der Waals surface area contributed by atoms with Crippen LogP contribution in [0.25, 0.3) is 0 Å². The van der Waals surface area contributed by atoms with Gasteiger partial charge >= 0.3 is 5.97 Å². The topological polar surface area (TPSA) is 83.5 Å². The summed E-state index contributed by atoms with van der Waals surface area (Å²) in [6, 6.07) is 8.36. The van der Waals surface area contributed by atoms with Gasteiger partial charge in [0.1, 0.15) is 10.3 Å². The summed E-state index contributed by atoms with van der Waals surface area (Å²) in [5, 5.41) is 9.26. The summed E-state index contributed by atoms with van der Waals surface area (Å²) < 4.78 is 27.6. The Balaban J connectivity index is 2.35. The van der Waals surface area contributed by atoms with Gasteiger partial charge in [-0.3, -0.25) is 4.79 Å². The number of aryl methyl sites for hydroxylation is 1. The predicted molar refractivity (Wildman–Crippen MR) is 83.9 cm³/mol. The van der Waals surface area contributed by atoms with Crippen LogP contribution < -0.4 is 4.72 Å². The van der Waals surface area contributed by atoms with E-state index >= 15 is 0 Å². The molecule has 1 aromatic carbocycles. The predicted octanol–water partition coefficient (Wildman–Crippen LogP) is 2.92. The average molecular weight is 390 g/mol. The average Bonchev–Trinajstić information content (AvgIpc) is 2.78. The van der Waals surface area contributed by atoms with Crippen molar-refractivity contribution in [2.24, 2.45) is 0 Å². The van der Waals surface area contributed by atoms with E-state index in [4.69, 9.17) is 0 Å². The van der Waals surface area contributed by atoms with Gasteiger partial charge in [0.15, 0.2) is 0 Å². The Hall–Kier alpha value is -1.22. The largest absolute Gasteiger partial charge is 0.480 e. The molecule has 0 saturated heterocycles. The fraction of sp³-hybridized carbons (Fsp3) is 0.154.